The number of terminal acetylenes is 1. The Bertz CT molecular complexity index is 315. The Balaban J connectivity index is 2.61. The predicted molar refractivity (Wildman–Crippen MR) is 46.1 cm³/mol. The second kappa shape index (κ2) is 2.43. The van der Waals surface area contributed by atoms with Gasteiger partial charge in [0.05, 0.1) is 0 Å². The number of rotatable bonds is 0. The predicted octanol–water partition coefficient (Wildman–Crippen LogP) is 2.17. The summed E-state index contributed by atoms with van der Waals surface area (Å²) in [6.45, 7) is 0. The van der Waals surface area contributed by atoms with Gasteiger partial charge in [0.2, 0.25) is 0 Å². The molecule has 1 aliphatic carbocycles. The highest BCUT2D eigenvalue weighted by Crippen LogP contribution is 2.25. The van der Waals surface area contributed by atoms with Crippen LogP contribution in [0.4, 0.5) is 0 Å². The highest BCUT2D eigenvalue weighted by atomic mass is 14.2. The van der Waals surface area contributed by atoms with E-state index in [1.165, 1.54) is 11.1 Å². The highest BCUT2D eigenvalue weighted by molar-refractivity contribution is 5.49. The molecular formula is C11H9. The Hall–Kier alpha value is -1.22. The van der Waals surface area contributed by atoms with Gasteiger partial charge in [-0.2, -0.15) is 0 Å². The Labute approximate surface area is 67.2 Å². The first-order chi connectivity index (χ1) is 5.42. The van der Waals surface area contributed by atoms with Crippen molar-refractivity contribution < 1.29 is 0 Å². The summed E-state index contributed by atoms with van der Waals surface area (Å²) < 4.78 is 0. The largest absolute Gasteiger partial charge is 0.115 e. The van der Waals surface area contributed by atoms with Crippen molar-refractivity contribution in [2.75, 3.05) is 0 Å². The van der Waals surface area contributed by atoms with Gasteiger partial charge in [-0.15, -0.1) is 6.42 Å². The van der Waals surface area contributed by atoms with Crippen LogP contribution in [0.2, 0.25) is 0 Å². The van der Waals surface area contributed by atoms with E-state index in [1.807, 2.05) is 12.1 Å². The standard InChI is InChI=1S/C11H9/c1-2-9-5-3-6-10-7-4-8-11(9)10/h1,3,5-7H,4,8H2. The average molecular weight is 141 g/mol. The van der Waals surface area contributed by atoms with Crippen LogP contribution < -0.4 is 0 Å². The third-order valence-electron chi connectivity index (χ3n) is 2.13. The maximum Gasteiger partial charge on any atom is 0.0277 e. The molecule has 0 heteroatoms. The van der Waals surface area contributed by atoms with Crippen LogP contribution >= 0.6 is 0 Å². The Morgan fingerprint density at radius 2 is 2.27 bits per heavy atom. The molecule has 0 saturated carbocycles. The van der Waals surface area contributed by atoms with E-state index in [4.69, 9.17) is 6.42 Å². The molecule has 0 amide bonds. The summed E-state index contributed by atoms with van der Waals surface area (Å²) in [7, 11) is 0. The topological polar surface area (TPSA) is 0 Å². The summed E-state index contributed by atoms with van der Waals surface area (Å²) in [5, 5.41) is 0. The summed E-state index contributed by atoms with van der Waals surface area (Å²) in [4.78, 5) is 0. The molecule has 0 unspecified atom stereocenters. The molecule has 53 valence electrons. The first kappa shape index (κ1) is 6.49. The second-order valence-corrected chi connectivity index (χ2v) is 2.76. The first-order valence-electron chi connectivity index (χ1n) is 3.83. The van der Waals surface area contributed by atoms with Crippen LogP contribution in [0.15, 0.2) is 18.2 Å². The van der Waals surface area contributed by atoms with Crippen molar-refractivity contribution in [1.29, 1.82) is 0 Å². The minimum absolute atomic E-state index is 1.07. The van der Waals surface area contributed by atoms with E-state index in [9.17, 15) is 0 Å². The van der Waals surface area contributed by atoms with Crippen LogP contribution in [0.3, 0.4) is 0 Å². The van der Waals surface area contributed by atoms with Crippen LogP contribution in [-0.2, 0) is 6.42 Å². The van der Waals surface area contributed by atoms with E-state index in [2.05, 4.69) is 18.4 Å². The third-order valence-corrected chi connectivity index (χ3v) is 2.13. The lowest BCUT2D eigenvalue weighted by molar-refractivity contribution is 1.03. The van der Waals surface area contributed by atoms with Crippen LogP contribution in [0.1, 0.15) is 23.1 Å². The normalized spacial score (nSPS) is 14.1. The molecule has 0 saturated heterocycles. The van der Waals surface area contributed by atoms with Gasteiger partial charge in [0.15, 0.2) is 0 Å². The SMILES string of the molecule is C#Cc1cccc2c1CC[CH]2. The number of fused-ring (bicyclic) bond motifs is 1. The quantitative estimate of drug-likeness (QED) is 0.486. The van der Waals surface area contributed by atoms with Gasteiger partial charge < -0.3 is 0 Å². The summed E-state index contributed by atoms with van der Waals surface area (Å²) >= 11 is 0. The minimum Gasteiger partial charge on any atom is -0.115 e. The van der Waals surface area contributed by atoms with Crippen molar-refractivity contribution in [2.45, 2.75) is 12.8 Å². The van der Waals surface area contributed by atoms with Crippen molar-refractivity contribution in [1.82, 2.24) is 0 Å². The van der Waals surface area contributed by atoms with E-state index in [0.717, 1.165) is 18.4 Å². The number of hydrogen-bond donors (Lipinski definition) is 0. The lowest BCUT2D eigenvalue weighted by Gasteiger charge is -1.99. The highest BCUT2D eigenvalue weighted by Gasteiger charge is 2.12. The molecule has 0 bridgehead atoms. The molecule has 0 atom stereocenters. The molecule has 1 aromatic rings. The number of benzene rings is 1. The molecule has 1 aromatic carbocycles. The van der Waals surface area contributed by atoms with Gasteiger partial charge in [-0.1, -0.05) is 18.1 Å². The van der Waals surface area contributed by atoms with Crippen LogP contribution in [0.5, 0.6) is 0 Å². The molecule has 1 aliphatic rings. The molecule has 0 spiro atoms. The number of hydrogen-bond acceptors (Lipinski definition) is 0. The van der Waals surface area contributed by atoms with Gasteiger partial charge >= 0.3 is 0 Å². The van der Waals surface area contributed by atoms with E-state index >= 15 is 0 Å². The smallest absolute Gasteiger partial charge is 0.0277 e. The van der Waals surface area contributed by atoms with Gasteiger partial charge in [-0.05, 0) is 36.5 Å². The maximum atomic E-state index is 5.36. The molecular weight excluding hydrogens is 132 g/mol. The fourth-order valence-electron chi connectivity index (χ4n) is 1.58. The van der Waals surface area contributed by atoms with Crippen LogP contribution in [0.25, 0.3) is 0 Å². The molecule has 11 heavy (non-hydrogen) atoms. The molecule has 0 aromatic heterocycles. The minimum atomic E-state index is 1.07. The summed E-state index contributed by atoms with van der Waals surface area (Å²) in [5.41, 5.74) is 3.76. The zero-order valence-corrected chi connectivity index (χ0v) is 6.30. The lowest BCUT2D eigenvalue weighted by atomic mass is 10.0. The molecule has 0 fully saturated rings. The average Bonchev–Trinajstić information content (AvgIpc) is 2.50. The zero-order valence-electron chi connectivity index (χ0n) is 6.30. The Kier molecular flexibility index (Phi) is 1.43. The Morgan fingerprint density at radius 3 is 3.09 bits per heavy atom. The molecule has 0 N–H and O–H groups in total. The van der Waals surface area contributed by atoms with Crippen LogP contribution in [0, 0.1) is 18.8 Å². The van der Waals surface area contributed by atoms with Gasteiger partial charge in [0.25, 0.3) is 0 Å². The van der Waals surface area contributed by atoms with Gasteiger partial charge in [-0.25, -0.2) is 0 Å². The van der Waals surface area contributed by atoms with Gasteiger partial charge in [-0.3, -0.25) is 0 Å². The molecule has 0 heterocycles. The monoisotopic (exact) mass is 141 g/mol. The van der Waals surface area contributed by atoms with Crippen molar-refractivity contribution in [3.63, 3.8) is 0 Å². The van der Waals surface area contributed by atoms with E-state index in [1.54, 1.807) is 0 Å². The van der Waals surface area contributed by atoms with E-state index in [-0.39, 0.29) is 0 Å². The van der Waals surface area contributed by atoms with Crippen molar-refractivity contribution in [3.8, 4) is 12.3 Å². The van der Waals surface area contributed by atoms with Gasteiger partial charge in [0.1, 0.15) is 0 Å². The van der Waals surface area contributed by atoms with E-state index in [0.29, 0.717) is 0 Å². The first-order valence-corrected chi connectivity index (χ1v) is 3.83. The van der Waals surface area contributed by atoms with Crippen LogP contribution in [-0.4, -0.2) is 0 Å². The second-order valence-electron chi connectivity index (χ2n) is 2.76. The maximum absolute atomic E-state index is 5.36. The Morgan fingerprint density at radius 1 is 1.36 bits per heavy atom. The zero-order chi connectivity index (χ0) is 7.68. The summed E-state index contributed by atoms with van der Waals surface area (Å²) in [5.74, 6) is 2.71. The van der Waals surface area contributed by atoms with Crippen molar-refractivity contribution >= 4 is 0 Å². The molecule has 1 radical (unpaired) electrons. The summed E-state index contributed by atoms with van der Waals surface area (Å²) in [6, 6.07) is 6.16. The lowest BCUT2D eigenvalue weighted by Crippen LogP contribution is -1.85. The molecule has 0 nitrogen and oxygen atoms in total. The van der Waals surface area contributed by atoms with Gasteiger partial charge in [0, 0.05) is 5.56 Å². The van der Waals surface area contributed by atoms with Crippen molar-refractivity contribution in [2.24, 2.45) is 0 Å². The third kappa shape index (κ3) is 0.935. The summed E-state index contributed by atoms with van der Waals surface area (Å²) in [6.07, 6.45) is 9.87. The van der Waals surface area contributed by atoms with E-state index < -0.39 is 0 Å². The fourth-order valence-corrected chi connectivity index (χ4v) is 1.58. The molecule has 2 rings (SSSR count). The fraction of sp³-hybridized carbons (Fsp3) is 0.182. The molecule has 0 aliphatic heterocycles. The van der Waals surface area contributed by atoms with Crippen molar-refractivity contribution in [3.05, 3.63) is 41.3 Å².